The van der Waals surface area contributed by atoms with Crippen LogP contribution in [0.1, 0.15) is 255 Å². The van der Waals surface area contributed by atoms with E-state index in [0.717, 1.165) is 73.4 Å². The number of carbonyl (C=O) groups excluding carboxylic acids is 1. The van der Waals surface area contributed by atoms with E-state index in [1.807, 2.05) is 97.1 Å². The molecule has 0 fully saturated rings. The van der Waals surface area contributed by atoms with Crippen LogP contribution in [0.3, 0.4) is 0 Å². The molecule has 0 aliphatic carbocycles. The van der Waals surface area contributed by atoms with E-state index in [0.29, 0.717) is 75.6 Å². The molecule has 0 saturated heterocycles. The van der Waals surface area contributed by atoms with E-state index in [4.69, 9.17) is 53.3 Å². The Bertz CT molecular complexity index is 3650. The van der Waals surface area contributed by atoms with Gasteiger partial charge in [-0.25, -0.2) is 14.4 Å². The van der Waals surface area contributed by atoms with E-state index in [-0.39, 0.29) is 114 Å². The molecular formula is C90H143Br2I2Mg2NO14Si4. The number of nitrogen functional groups attached to an aromatic ring is 1. The number of anilines is 1. The number of hydrogen-bond acceptors (Lipinski definition) is 13. The molecule has 0 unspecified atom stereocenters. The number of phenolic OH excluding ortho intramolecular Hbond substituents is 2. The topological polar surface area (TPSA) is 234 Å². The summed E-state index contributed by atoms with van der Waals surface area (Å²) < 4.78 is 37.8. The fraction of sp³-hybridized carbons (Fsp3) is 0.489. The van der Waals surface area contributed by atoms with E-state index >= 15 is 0 Å². The maximum absolute atomic E-state index is 11.9. The summed E-state index contributed by atoms with van der Waals surface area (Å²) in [6.07, 6.45) is 5.51. The van der Waals surface area contributed by atoms with Crippen molar-refractivity contribution in [2.24, 2.45) is 0 Å². The predicted molar refractivity (Wildman–Crippen MR) is 520 cm³/mol. The number of nitrogens with two attached hydrogens (primary N) is 1. The molecule has 640 valence electrons. The number of alkyl halides is 1. The number of halogens is 4. The third kappa shape index (κ3) is 34.9. The Morgan fingerprint density at radius 3 is 1.01 bits per heavy atom. The van der Waals surface area contributed by atoms with E-state index < -0.39 is 45.2 Å². The van der Waals surface area contributed by atoms with Gasteiger partial charge in [0.15, 0.2) is 0 Å². The van der Waals surface area contributed by atoms with Gasteiger partial charge in [0.1, 0.15) is 28.7 Å². The Kier molecular flexibility index (Phi) is 60.6. The number of phenols is 2. The molecule has 6 aromatic carbocycles. The first-order valence-electron chi connectivity index (χ1n) is 38.6. The number of benzene rings is 6. The van der Waals surface area contributed by atoms with Gasteiger partial charge in [0.25, 0.3) is 33.3 Å². The number of carbonyl (C=O) groups is 3. The van der Waals surface area contributed by atoms with E-state index in [1.54, 1.807) is 12.1 Å². The number of ether oxygens (including phenoxy) is 2. The first-order chi connectivity index (χ1) is 51.6. The minimum Gasteiger partial charge on any atom is -1.00 e. The normalized spacial score (nSPS) is 11.1. The molecule has 7 N–H and O–H groups in total. The number of esters is 1. The average Bonchev–Trinajstić information content (AvgIpc) is 0.803. The monoisotopic (exact) mass is 2030 g/mol. The number of aliphatic hydroxyl groups is 1. The molecule has 6 rings (SSSR count). The van der Waals surface area contributed by atoms with Gasteiger partial charge in [-0.1, -0.05) is 227 Å². The van der Waals surface area contributed by atoms with Crippen LogP contribution in [0.5, 0.6) is 34.5 Å². The molecule has 0 atom stereocenters. The van der Waals surface area contributed by atoms with Crippen molar-refractivity contribution in [3.8, 4) is 34.5 Å². The van der Waals surface area contributed by atoms with Gasteiger partial charge in [0.05, 0.1) is 30.4 Å². The SMILES string of the molecule is C.C=Cc1ccc(O[Si](C(C)C)(C(C)C)C(C)C)cc1CBr.C=Cc1ccc(O[Si](C(C)C)(C(C)C)C(C)C)cc1CO.C=Cc1ccc(O[Si](C(C)C)(C(C)C)C(C)C)cc1[CH2-].CCOCC.COC(=O)c1cc(O[Si](C(C)C)(C(C)C)C(C)C)ccc1I.Nc1ccc(O)cc1C(=O)O.O=C(O)c1cc(O)ccc1I.[Br-].[H-].[H-].[Mg+2].[Mg+2]. The molecule has 25 heteroatoms. The quantitative estimate of drug-likeness (QED) is 0.00468. The zero-order valence-corrected chi connectivity index (χ0v) is 87.9. The van der Waals surface area contributed by atoms with Crippen molar-refractivity contribution in [1.29, 1.82) is 0 Å². The standard InChI is InChI=1S/C18H29BrOSi.C18H30O2Si.C18H29OSi.C17H27IO3Si.C7H5IO3.C7H7NO3.C4H10O.CH4.BrH.2Mg.2H/c2*1-8-16-9-10-18(11-17(16)12-19)20-21(13(2)3,14(4)5)15(6)7;1-9-17-10-11-18(12-16(17)8)19-20(13(2)3,14(4)5)15(6)7;1-11(2)22(12(3)4,13(5)6)21-14-8-9-16(18)15(10-14)17(19)20-7;2*8-6-2-1-4(9)3-5(6)7(10)11;1-3-5-4-2;;;;;;/h8-11,13-15H,1,12H2,2-7H3;8-11,13-15,19H,1,12H2,2-7H3;9-15H,1,8H2,2-7H3;8-13H,1-7H3;1-3,9H,(H,10,11);1-3,9H,8H2,(H,10,11);3-4H2,1-2H3;1H4;1H;;;;/q;;-1;;;;;;;2*+2;2*-1/p-1. The van der Waals surface area contributed by atoms with Gasteiger partial charge in [-0.15, -0.1) is 30.4 Å². The molecule has 0 heterocycles. The van der Waals surface area contributed by atoms with E-state index in [9.17, 15) is 19.5 Å². The first kappa shape index (κ1) is 120. The van der Waals surface area contributed by atoms with Crippen molar-refractivity contribution in [2.45, 2.75) is 266 Å². The van der Waals surface area contributed by atoms with Crippen molar-refractivity contribution in [1.82, 2.24) is 0 Å². The number of carboxylic acid groups (broad SMARTS) is 2. The fourth-order valence-electron chi connectivity index (χ4n) is 15.5. The van der Waals surface area contributed by atoms with Gasteiger partial charge in [-0.2, -0.15) is 12.5 Å². The van der Waals surface area contributed by atoms with Crippen LogP contribution in [0.15, 0.2) is 129 Å². The molecule has 15 nitrogen and oxygen atoms in total. The number of carboxylic acids is 2. The van der Waals surface area contributed by atoms with Crippen molar-refractivity contribution >= 4 is 182 Å². The minimum atomic E-state index is -2.01. The van der Waals surface area contributed by atoms with Crippen molar-refractivity contribution < 1.29 is 86.9 Å². The number of methoxy groups -OCH3 is 1. The van der Waals surface area contributed by atoms with E-state index in [1.165, 1.54) is 42.5 Å². The van der Waals surface area contributed by atoms with Crippen LogP contribution >= 0.6 is 61.1 Å². The summed E-state index contributed by atoms with van der Waals surface area (Å²) in [5.41, 5.74) is 19.0. The zero-order valence-electron chi connectivity index (χ0n) is 75.6. The summed E-state index contributed by atoms with van der Waals surface area (Å²) >= 11 is 7.61. The Hall–Kier alpha value is -3.84. The number of aliphatic hydroxyl groups excluding tert-OH is 1. The van der Waals surface area contributed by atoms with Crippen LogP contribution in [0.25, 0.3) is 18.2 Å². The van der Waals surface area contributed by atoms with Gasteiger partial charge in [0.2, 0.25) is 0 Å². The summed E-state index contributed by atoms with van der Waals surface area (Å²) in [5.74, 6) is 1.03. The van der Waals surface area contributed by atoms with Crippen LogP contribution < -0.4 is 40.4 Å². The first-order valence-corrected chi connectivity index (χ1v) is 50.5. The summed E-state index contributed by atoms with van der Waals surface area (Å²) in [6.45, 7) is 76.1. The molecule has 0 radical (unpaired) electrons. The zero-order chi connectivity index (χ0) is 86.0. The van der Waals surface area contributed by atoms with Crippen LogP contribution in [-0.4, -0.2) is 143 Å². The molecule has 0 bridgehead atoms. The molecule has 0 aliphatic heterocycles. The van der Waals surface area contributed by atoms with Gasteiger partial charge in [-0.3, -0.25) is 0 Å². The Labute approximate surface area is 780 Å². The van der Waals surface area contributed by atoms with Crippen molar-refractivity contribution in [2.75, 3.05) is 26.1 Å². The number of rotatable bonds is 30. The molecular weight excluding hydrogens is 1890 g/mol. The molecule has 6 aromatic rings. The maximum atomic E-state index is 11.9. The summed E-state index contributed by atoms with van der Waals surface area (Å²) in [7, 11) is -6.29. The molecule has 0 aliphatic rings. The van der Waals surface area contributed by atoms with E-state index in [2.05, 4.69) is 256 Å². The second-order valence-electron chi connectivity index (χ2n) is 31.1. The van der Waals surface area contributed by atoms with Crippen LogP contribution in [0, 0.1) is 14.1 Å². The predicted octanol–water partition coefficient (Wildman–Crippen LogP) is 24.4. The Balaban J connectivity index is -0.000000246. The molecule has 0 spiro atoms. The van der Waals surface area contributed by atoms with Crippen molar-refractivity contribution in [3.05, 3.63) is 193 Å². The van der Waals surface area contributed by atoms with Gasteiger partial charge < -0.3 is 78.3 Å². The van der Waals surface area contributed by atoms with Crippen LogP contribution in [0.4, 0.5) is 5.69 Å². The second kappa shape index (κ2) is 58.2. The third-order valence-corrected chi connectivity index (χ3v) is 47.0. The molecule has 0 aromatic heterocycles. The molecule has 0 saturated carbocycles. The summed E-state index contributed by atoms with van der Waals surface area (Å²) in [6, 6.07) is 32.2. The number of aromatic hydroxyl groups is 2. The van der Waals surface area contributed by atoms with Gasteiger partial charge in [-0.05, 0) is 233 Å². The van der Waals surface area contributed by atoms with Crippen LogP contribution in [0.2, 0.25) is 66.5 Å². The van der Waals surface area contributed by atoms with Crippen molar-refractivity contribution in [3.63, 3.8) is 0 Å². The smallest absolute Gasteiger partial charge is 1.00 e. The largest absolute Gasteiger partial charge is 2.00 e. The number of aromatic carboxylic acids is 2. The van der Waals surface area contributed by atoms with Crippen LogP contribution in [-0.2, 0) is 21.4 Å². The average molecular weight is 2040 g/mol. The van der Waals surface area contributed by atoms with Gasteiger partial charge >= 0.3 is 64.0 Å². The molecule has 115 heavy (non-hydrogen) atoms. The summed E-state index contributed by atoms with van der Waals surface area (Å²) in [4.78, 5) is 32.7. The second-order valence-corrected chi connectivity index (χ2v) is 55.5. The minimum absolute atomic E-state index is 0. The Morgan fingerprint density at radius 2 is 0.739 bits per heavy atom. The Morgan fingerprint density at radius 1 is 0.461 bits per heavy atom. The maximum Gasteiger partial charge on any atom is 2.00 e. The molecule has 0 amide bonds. The third-order valence-electron chi connectivity index (χ3n) is 20.5. The van der Waals surface area contributed by atoms with Gasteiger partial charge in [0, 0.05) is 37.1 Å². The number of hydrogen-bond donors (Lipinski definition) is 6. The summed E-state index contributed by atoms with van der Waals surface area (Å²) in [5, 5.41) is 45.2. The fourth-order valence-corrected chi connectivity index (χ4v) is 38.0.